The van der Waals surface area contributed by atoms with Crippen LogP contribution in [0.15, 0.2) is 0 Å². The fraction of sp³-hybridized carbons (Fsp3) is 1.00. The summed E-state index contributed by atoms with van der Waals surface area (Å²) >= 11 is 0. The first-order valence-electron chi connectivity index (χ1n) is 4.29. The highest BCUT2D eigenvalue weighted by Gasteiger charge is 2.51. The Morgan fingerprint density at radius 3 is 2.33 bits per heavy atom. The molecule has 2 atom stereocenters. The van der Waals surface area contributed by atoms with E-state index in [4.69, 9.17) is 5.73 Å². The molecule has 2 bridgehead atoms. The van der Waals surface area contributed by atoms with Crippen LogP contribution in [-0.4, -0.2) is 50.0 Å². The van der Waals surface area contributed by atoms with Crippen LogP contribution in [0.4, 0.5) is 0 Å². The maximum absolute atomic E-state index is 11.3. The Morgan fingerprint density at radius 2 is 1.92 bits per heavy atom. The van der Waals surface area contributed by atoms with Crippen molar-refractivity contribution >= 4 is 9.84 Å². The summed E-state index contributed by atoms with van der Waals surface area (Å²) in [5, 5.41) is -0.161. The smallest absolute Gasteiger partial charge is 0.158 e. The zero-order chi connectivity index (χ0) is 8.77. The molecule has 3 heterocycles. The maximum atomic E-state index is 11.3. The van der Waals surface area contributed by atoms with Gasteiger partial charge in [0.15, 0.2) is 9.84 Å². The van der Waals surface area contributed by atoms with E-state index in [1.807, 2.05) is 0 Å². The molecule has 2 N–H and O–H groups in total. The van der Waals surface area contributed by atoms with E-state index in [2.05, 4.69) is 4.90 Å². The molecular weight excluding hydrogens is 176 g/mol. The van der Waals surface area contributed by atoms with Crippen LogP contribution in [-0.2, 0) is 9.84 Å². The SMILES string of the molecule is NCCN1CC2CC(C1)S2(=O)=O. The van der Waals surface area contributed by atoms with Crippen molar-refractivity contribution in [3.63, 3.8) is 0 Å². The van der Waals surface area contributed by atoms with Gasteiger partial charge in [-0.2, -0.15) is 0 Å². The highest BCUT2D eigenvalue weighted by molar-refractivity contribution is 7.94. The van der Waals surface area contributed by atoms with Crippen molar-refractivity contribution < 1.29 is 8.42 Å². The first kappa shape index (κ1) is 8.47. The molecule has 0 aliphatic carbocycles. The highest BCUT2D eigenvalue weighted by atomic mass is 32.2. The molecule has 12 heavy (non-hydrogen) atoms. The summed E-state index contributed by atoms with van der Waals surface area (Å²) in [5.41, 5.74) is 5.40. The van der Waals surface area contributed by atoms with E-state index in [0.29, 0.717) is 19.6 Å². The number of piperidine rings is 1. The molecule has 0 amide bonds. The van der Waals surface area contributed by atoms with Crippen LogP contribution >= 0.6 is 0 Å². The zero-order valence-electron chi connectivity index (χ0n) is 6.94. The minimum Gasteiger partial charge on any atom is -0.329 e. The molecular formula is C7H14N2O2S. The summed E-state index contributed by atoms with van der Waals surface area (Å²) in [6.45, 7) is 2.87. The van der Waals surface area contributed by atoms with E-state index in [9.17, 15) is 8.42 Å². The van der Waals surface area contributed by atoms with Gasteiger partial charge in [-0.1, -0.05) is 0 Å². The molecule has 4 nitrogen and oxygen atoms in total. The molecule has 2 unspecified atom stereocenters. The molecule has 0 spiro atoms. The standard InChI is InChI=1S/C7H14N2O2S/c8-1-2-9-4-6-3-7(5-9)12(6,10)11/h6-7H,1-5,8H2. The van der Waals surface area contributed by atoms with Gasteiger partial charge < -0.3 is 5.73 Å². The lowest BCUT2D eigenvalue weighted by Crippen LogP contribution is -2.62. The summed E-state index contributed by atoms with van der Waals surface area (Å²) in [6.07, 6.45) is 0.878. The van der Waals surface area contributed by atoms with Gasteiger partial charge in [0.1, 0.15) is 0 Å². The average Bonchev–Trinajstić information content (AvgIpc) is 2.05. The lowest BCUT2D eigenvalue weighted by Gasteiger charge is -2.46. The molecule has 0 saturated carbocycles. The summed E-state index contributed by atoms with van der Waals surface area (Å²) < 4.78 is 22.6. The lowest BCUT2D eigenvalue weighted by atomic mass is 10.1. The Labute approximate surface area is 72.6 Å². The van der Waals surface area contributed by atoms with Gasteiger partial charge in [-0.3, -0.25) is 4.90 Å². The number of rotatable bonds is 2. The summed E-state index contributed by atoms with van der Waals surface area (Å²) in [7, 11) is -2.70. The average molecular weight is 190 g/mol. The van der Waals surface area contributed by atoms with Gasteiger partial charge in [0.2, 0.25) is 0 Å². The molecule has 0 aromatic rings. The second kappa shape index (κ2) is 2.68. The number of sulfone groups is 1. The third-order valence-electron chi connectivity index (χ3n) is 2.82. The fourth-order valence-electron chi connectivity index (χ4n) is 2.08. The van der Waals surface area contributed by atoms with Crippen LogP contribution in [0, 0.1) is 0 Å². The van der Waals surface area contributed by atoms with E-state index in [1.54, 1.807) is 0 Å². The predicted octanol–water partition coefficient (Wildman–Crippen LogP) is -1.18. The minimum absolute atomic E-state index is 0.0807. The number of fused-ring (bicyclic) bond motifs is 2. The molecule has 3 aliphatic heterocycles. The summed E-state index contributed by atoms with van der Waals surface area (Å²) in [6, 6.07) is 0. The second-order valence-electron chi connectivity index (χ2n) is 3.62. The molecule has 3 fully saturated rings. The van der Waals surface area contributed by atoms with E-state index in [-0.39, 0.29) is 10.5 Å². The van der Waals surface area contributed by atoms with Crippen LogP contribution in [0.25, 0.3) is 0 Å². The minimum atomic E-state index is -2.70. The zero-order valence-corrected chi connectivity index (χ0v) is 7.76. The Bertz CT molecular complexity index is 257. The van der Waals surface area contributed by atoms with Gasteiger partial charge in [-0.25, -0.2) is 8.42 Å². The van der Waals surface area contributed by atoms with Crippen molar-refractivity contribution in [3.8, 4) is 0 Å². The van der Waals surface area contributed by atoms with Crippen LogP contribution in [0.1, 0.15) is 6.42 Å². The fourth-order valence-corrected chi connectivity index (χ4v) is 4.11. The first-order chi connectivity index (χ1) is 5.64. The van der Waals surface area contributed by atoms with Crippen molar-refractivity contribution in [1.29, 1.82) is 0 Å². The molecule has 3 rings (SSSR count). The predicted molar refractivity (Wildman–Crippen MR) is 46.6 cm³/mol. The highest BCUT2D eigenvalue weighted by Crippen LogP contribution is 2.34. The topological polar surface area (TPSA) is 63.4 Å². The van der Waals surface area contributed by atoms with Gasteiger partial charge in [0.25, 0.3) is 0 Å². The number of nitrogens with two attached hydrogens (primary N) is 1. The van der Waals surface area contributed by atoms with E-state index in [0.717, 1.165) is 13.0 Å². The van der Waals surface area contributed by atoms with Gasteiger partial charge >= 0.3 is 0 Å². The van der Waals surface area contributed by atoms with Gasteiger partial charge in [-0.15, -0.1) is 0 Å². The summed E-state index contributed by atoms with van der Waals surface area (Å²) in [4.78, 5) is 2.15. The first-order valence-corrected chi connectivity index (χ1v) is 5.90. The Morgan fingerprint density at radius 1 is 1.33 bits per heavy atom. The van der Waals surface area contributed by atoms with Gasteiger partial charge in [0, 0.05) is 26.2 Å². The molecule has 0 radical (unpaired) electrons. The molecule has 0 aromatic heterocycles. The van der Waals surface area contributed by atoms with Crippen molar-refractivity contribution in [2.24, 2.45) is 5.73 Å². The van der Waals surface area contributed by atoms with Crippen LogP contribution in [0.2, 0.25) is 0 Å². The van der Waals surface area contributed by atoms with E-state index < -0.39 is 9.84 Å². The van der Waals surface area contributed by atoms with Crippen LogP contribution in [0.5, 0.6) is 0 Å². The molecule has 3 aliphatic rings. The third kappa shape index (κ3) is 1.08. The summed E-state index contributed by atoms with van der Waals surface area (Å²) in [5.74, 6) is 0. The van der Waals surface area contributed by atoms with Crippen LogP contribution in [0.3, 0.4) is 0 Å². The van der Waals surface area contributed by atoms with Crippen molar-refractivity contribution in [3.05, 3.63) is 0 Å². The number of nitrogens with zero attached hydrogens (tertiary/aromatic N) is 1. The van der Waals surface area contributed by atoms with Crippen LogP contribution < -0.4 is 5.73 Å². The molecule has 3 saturated heterocycles. The Kier molecular flexibility index (Phi) is 1.89. The van der Waals surface area contributed by atoms with Gasteiger partial charge in [0.05, 0.1) is 10.5 Å². The van der Waals surface area contributed by atoms with E-state index >= 15 is 0 Å². The molecule has 5 heteroatoms. The van der Waals surface area contributed by atoms with Crippen molar-refractivity contribution in [1.82, 2.24) is 4.90 Å². The Hall–Kier alpha value is -0.130. The Balaban J connectivity index is 2.01. The van der Waals surface area contributed by atoms with Crippen molar-refractivity contribution in [2.75, 3.05) is 26.2 Å². The maximum Gasteiger partial charge on any atom is 0.158 e. The van der Waals surface area contributed by atoms with Gasteiger partial charge in [-0.05, 0) is 6.42 Å². The van der Waals surface area contributed by atoms with E-state index in [1.165, 1.54) is 0 Å². The van der Waals surface area contributed by atoms with Crippen molar-refractivity contribution in [2.45, 2.75) is 16.9 Å². The lowest BCUT2D eigenvalue weighted by molar-refractivity contribution is 0.214. The molecule has 0 aromatic carbocycles. The normalized spacial score (nSPS) is 39.1. The number of hydrogen-bond acceptors (Lipinski definition) is 4. The largest absolute Gasteiger partial charge is 0.329 e. The quantitative estimate of drug-likeness (QED) is 0.595. The second-order valence-corrected chi connectivity index (χ2v) is 6.13. The third-order valence-corrected chi connectivity index (χ3v) is 5.37. The number of hydrogen-bond donors (Lipinski definition) is 1. The monoisotopic (exact) mass is 190 g/mol. The molecule has 70 valence electrons.